The molecule has 0 aliphatic carbocycles. The van der Waals surface area contributed by atoms with Crippen molar-refractivity contribution < 1.29 is 42.7 Å². The van der Waals surface area contributed by atoms with Crippen LogP contribution in [0.2, 0.25) is 36.3 Å². The summed E-state index contributed by atoms with van der Waals surface area (Å²) in [5, 5.41) is 33.3. The molecule has 6 rings (SSSR count). The van der Waals surface area contributed by atoms with Crippen molar-refractivity contribution in [2.45, 2.75) is 140 Å². The van der Waals surface area contributed by atoms with Gasteiger partial charge in [0.05, 0.1) is 61.5 Å². The Morgan fingerprint density at radius 3 is 1.63 bits per heavy atom. The molecule has 0 saturated carbocycles. The van der Waals surface area contributed by atoms with Crippen LogP contribution in [0.4, 0.5) is 11.4 Å². The Labute approximate surface area is 388 Å². The van der Waals surface area contributed by atoms with E-state index in [-0.39, 0.29) is 31.8 Å². The number of hydrogen-bond donors (Lipinski definition) is 4. The number of aliphatic hydroxyl groups is 2. The summed E-state index contributed by atoms with van der Waals surface area (Å²) >= 11 is 0. The van der Waals surface area contributed by atoms with Crippen molar-refractivity contribution >= 4 is 39.0 Å². The van der Waals surface area contributed by atoms with Gasteiger partial charge in [0, 0.05) is 18.3 Å². The molecule has 2 unspecified atom stereocenters. The van der Waals surface area contributed by atoms with Gasteiger partial charge in [-0.3, -0.25) is 0 Å². The van der Waals surface area contributed by atoms with Gasteiger partial charge in [-0.15, -0.1) is 19.7 Å². The Kier molecular flexibility index (Phi) is 17.3. The second-order valence-corrected chi connectivity index (χ2v) is 27.0. The number of ether oxygens (including phenoxy) is 5. The summed E-state index contributed by atoms with van der Waals surface area (Å²) in [4.78, 5) is 0. The third-order valence-corrected chi connectivity index (χ3v) is 23.8. The van der Waals surface area contributed by atoms with Gasteiger partial charge in [0.2, 0.25) is 11.6 Å². The second kappa shape index (κ2) is 21.5. The quantitative estimate of drug-likeness (QED) is 0.0317. The molecule has 8 atom stereocenters. The van der Waals surface area contributed by atoms with Crippen molar-refractivity contribution in [2.75, 3.05) is 44.5 Å². The zero-order chi connectivity index (χ0) is 47.8. The molecule has 65 heavy (non-hydrogen) atoms. The summed E-state index contributed by atoms with van der Waals surface area (Å²) < 4.78 is 47.6. The lowest BCUT2D eigenvalue weighted by atomic mass is 9.82. The maximum absolute atomic E-state index is 12.5. The van der Waals surface area contributed by atoms with E-state index in [9.17, 15) is 10.2 Å². The van der Waals surface area contributed by atoms with E-state index in [1.54, 1.807) is 70.8 Å². The zero-order valence-corrected chi connectivity index (χ0v) is 42.3. The first-order chi connectivity index (χ1) is 31.0. The summed E-state index contributed by atoms with van der Waals surface area (Å²) in [6.45, 7) is 31.7. The predicted octanol–water partition coefficient (Wildman–Crippen LogP) is 8.09. The lowest BCUT2D eigenvalue weighted by Gasteiger charge is -2.46. The highest BCUT2D eigenvalue weighted by molar-refractivity contribution is 6.74. The first-order valence-corrected chi connectivity index (χ1v) is 28.3. The number of anilines is 2. The molecule has 2 saturated heterocycles. The van der Waals surface area contributed by atoms with E-state index in [1.165, 1.54) is 0 Å². The van der Waals surface area contributed by atoms with E-state index < -0.39 is 51.6 Å². The molecule has 4 aromatic heterocycles. The number of nitrogens with two attached hydrogens (primary N) is 2. The Bertz CT molecular complexity index is 2200. The second-order valence-electron chi connectivity index (χ2n) is 17.6. The van der Waals surface area contributed by atoms with Crippen molar-refractivity contribution in [3.8, 4) is 0 Å². The first kappa shape index (κ1) is 52.2. The number of nitrogens with zero attached hydrogens (tertiary/aromatic N) is 4. The van der Waals surface area contributed by atoms with Crippen LogP contribution < -0.4 is 11.5 Å². The van der Waals surface area contributed by atoms with Gasteiger partial charge in [-0.2, -0.15) is 10.2 Å². The third-order valence-electron chi connectivity index (χ3n) is 14.4. The number of aromatic nitrogens is 4. The standard InChI is InChI=1S/C26H47N3O4Si2.C22H29N3O5/c1-9-34(10-2,11-3)31-19-23-20(7)25(8,33-35(12-4,13-5)14-6)26(30,32-23)24-16-15-22-21(27)17-18-28-29(22)24;1-5-12-27-15-18-20(28-13-6-2)21(4,29-14-7-3)22(26,30-18)19-9-8-17-16(23)10-11-24-25(17)19/h15-18,20,23,30H,9-14,19,27H2,1-8H3;5-11,18,20,26H,1-3,12-15,23H2,4H3/t20-,23-,25-,26?;18-,20-,21-,22?/m11/s1. The Morgan fingerprint density at radius 2 is 1.15 bits per heavy atom. The molecule has 0 amide bonds. The van der Waals surface area contributed by atoms with Gasteiger partial charge in [-0.1, -0.05) is 66.7 Å². The molecule has 0 radical (unpaired) electrons. The minimum Gasteiger partial charge on any atom is -0.414 e. The predicted molar refractivity (Wildman–Crippen MR) is 261 cm³/mol. The van der Waals surface area contributed by atoms with Crippen LogP contribution in [0.5, 0.6) is 0 Å². The molecule has 15 nitrogen and oxygen atoms in total. The van der Waals surface area contributed by atoms with E-state index >= 15 is 0 Å². The number of nitrogen functional groups attached to an aromatic ring is 2. The average molecular weight is 937 g/mol. The molecule has 2 aliphatic heterocycles. The van der Waals surface area contributed by atoms with Gasteiger partial charge in [0.1, 0.15) is 29.2 Å². The Morgan fingerprint density at radius 1 is 0.677 bits per heavy atom. The molecule has 360 valence electrons. The topological polar surface area (TPSA) is 192 Å². The molecule has 0 spiro atoms. The lowest BCUT2D eigenvalue weighted by molar-refractivity contribution is -0.288. The SMILES string of the molecule is C=CCOC[C@H]1OC(O)(c2ccc3c(N)ccnn23)[C@](C)(OCC=C)[C@@H]1OCC=C.CC[Si](CC)(CC)OC[C@H]1OC(O)(c2ccc3c(N)ccnn23)[C@](C)(O[Si](CC)(CC)CC)[C@@H]1C. The van der Waals surface area contributed by atoms with Crippen molar-refractivity contribution in [2.24, 2.45) is 5.92 Å². The number of fused-ring (bicyclic) bond motifs is 2. The van der Waals surface area contributed by atoms with Crippen molar-refractivity contribution in [1.82, 2.24) is 19.2 Å². The zero-order valence-electron chi connectivity index (χ0n) is 40.3. The molecular weight excluding hydrogens is 861 g/mol. The van der Waals surface area contributed by atoms with E-state index in [4.69, 9.17) is 44.0 Å². The van der Waals surface area contributed by atoms with E-state index in [1.807, 2.05) is 19.1 Å². The normalized spacial score (nSPS) is 28.1. The van der Waals surface area contributed by atoms with Crippen LogP contribution in [0.15, 0.2) is 86.8 Å². The van der Waals surface area contributed by atoms with Crippen LogP contribution >= 0.6 is 0 Å². The van der Waals surface area contributed by atoms with Crippen LogP contribution in [0, 0.1) is 5.92 Å². The van der Waals surface area contributed by atoms with Gasteiger partial charge >= 0.3 is 0 Å². The Hall–Kier alpha value is -3.73. The Balaban J connectivity index is 0.000000247. The lowest BCUT2D eigenvalue weighted by Crippen LogP contribution is -2.58. The first-order valence-electron chi connectivity index (χ1n) is 23.2. The monoisotopic (exact) mass is 937 g/mol. The average Bonchev–Trinajstić information content (AvgIpc) is 4.05. The van der Waals surface area contributed by atoms with Crippen molar-refractivity contribution in [3.05, 3.63) is 98.1 Å². The van der Waals surface area contributed by atoms with Gasteiger partial charge < -0.3 is 54.2 Å². The van der Waals surface area contributed by atoms with E-state index in [0.29, 0.717) is 41.5 Å². The highest BCUT2D eigenvalue weighted by atomic mass is 28.4. The summed E-state index contributed by atoms with van der Waals surface area (Å²) in [6, 6.07) is 16.9. The maximum atomic E-state index is 12.5. The smallest absolute Gasteiger partial charge is 0.243 e. The fourth-order valence-electron chi connectivity index (χ4n) is 9.57. The molecule has 4 aromatic rings. The summed E-state index contributed by atoms with van der Waals surface area (Å²) in [7, 11) is -3.93. The minimum atomic E-state index is -2.11. The highest BCUT2D eigenvalue weighted by Gasteiger charge is 2.68. The number of rotatable bonds is 23. The molecular formula is C48H76N6O9Si2. The van der Waals surface area contributed by atoms with Crippen LogP contribution in [-0.4, -0.2) is 109 Å². The third kappa shape index (κ3) is 9.57. The number of hydrogen-bond acceptors (Lipinski definition) is 13. The van der Waals surface area contributed by atoms with Crippen molar-refractivity contribution in [1.29, 1.82) is 0 Å². The van der Waals surface area contributed by atoms with Crippen LogP contribution in [0.3, 0.4) is 0 Å². The fraction of sp³-hybridized carbons (Fsp3) is 0.583. The maximum Gasteiger partial charge on any atom is 0.243 e. The highest BCUT2D eigenvalue weighted by Crippen LogP contribution is 2.54. The molecule has 2 aliphatic rings. The van der Waals surface area contributed by atoms with Gasteiger partial charge in [-0.25, -0.2) is 9.03 Å². The summed E-state index contributed by atoms with van der Waals surface area (Å²) in [5.41, 5.74) is 13.4. The molecule has 0 aromatic carbocycles. The van der Waals surface area contributed by atoms with Crippen molar-refractivity contribution in [3.63, 3.8) is 0 Å². The summed E-state index contributed by atoms with van der Waals surface area (Å²) in [5.74, 6) is -3.69. The summed E-state index contributed by atoms with van der Waals surface area (Å²) in [6.07, 6.45) is 6.48. The molecule has 0 bridgehead atoms. The molecule has 6 N–H and O–H groups in total. The molecule has 2 fully saturated rings. The van der Waals surface area contributed by atoms with E-state index in [0.717, 1.165) is 41.8 Å². The van der Waals surface area contributed by atoms with Crippen LogP contribution in [0.25, 0.3) is 11.0 Å². The minimum absolute atomic E-state index is 0.0899. The largest absolute Gasteiger partial charge is 0.414 e. The van der Waals surface area contributed by atoms with Gasteiger partial charge in [-0.05, 0) is 86.5 Å². The van der Waals surface area contributed by atoms with Crippen LogP contribution in [-0.2, 0) is 44.1 Å². The van der Waals surface area contributed by atoms with Gasteiger partial charge in [0.15, 0.2) is 22.2 Å². The molecule has 17 heteroatoms. The van der Waals surface area contributed by atoms with Crippen LogP contribution in [0.1, 0.15) is 73.7 Å². The van der Waals surface area contributed by atoms with E-state index in [2.05, 4.69) is 78.4 Å². The van der Waals surface area contributed by atoms with Gasteiger partial charge in [0.25, 0.3) is 0 Å². The molecule has 6 heterocycles. The fourth-order valence-corrected chi connectivity index (χ4v) is 15.4.